The van der Waals surface area contributed by atoms with Crippen LogP contribution in [0.5, 0.6) is 0 Å². The minimum Gasteiger partial charge on any atom is -0.175 e. The first-order valence-corrected chi connectivity index (χ1v) is 10.1. The van der Waals surface area contributed by atoms with Gasteiger partial charge in [-0.1, -0.05) is 90.9 Å². The molecule has 122 valence electrons. The highest BCUT2D eigenvalue weighted by Crippen LogP contribution is 2.22. The fourth-order valence-electron chi connectivity index (χ4n) is 2.65. The van der Waals surface area contributed by atoms with Crippen LogP contribution in [0.15, 0.2) is 0 Å². The molecule has 0 nitrogen and oxygen atoms in total. The van der Waals surface area contributed by atoms with Gasteiger partial charge in [0, 0.05) is 10.5 Å². The lowest BCUT2D eigenvalue weighted by atomic mass is 10.0. The van der Waals surface area contributed by atoms with E-state index in [4.69, 9.17) is 25.3 Å². The van der Waals surface area contributed by atoms with Gasteiger partial charge in [-0.05, 0) is 12.8 Å². The standard InChI is InChI=1S/C18H38S2/c1-3-5-7-8-9-10-11-12-14-16-18(20)17(19)15-13-6-4-2/h17-20H,3-16H2,1-2H3. The summed E-state index contributed by atoms with van der Waals surface area (Å²) in [4.78, 5) is 0. The van der Waals surface area contributed by atoms with Crippen LogP contribution in [-0.2, 0) is 0 Å². The molecule has 0 saturated heterocycles. The molecule has 2 atom stereocenters. The Morgan fingerprint density at radius 3 is 1.25 bits per heavy atom. The predicted molar refractivity (Wildman–Crippen MR) is 102 cm³/mol. The first-order valence-electron chi connectivity index (χ1n) is 9.08. The minimum atomic E-state index is 0.499. The van der Waals surface area contributed by atoms with Crippen LogP contribution in [0.25, 0.3) is 0 Å². The van der Waals surface area contributed by atoms with Crippen LogP contribution in [0.4, 0.5) is 0 Å². The Hall–Kier alpha value is 0.700. The fourth-order valence-corrected chi connectivity index (χ4v) is 3.32. The molecule has 0 fully saturated rings. The molecular formula is C18H38S2. The van der Waals surface area contributed by atoms with Crippen molar-refractivity contribution in [1.82, 2.24) is 0 Å². The first-order chi connectivity index (χ1) is 9.72. The number of hydrogen-bond acceptors (Lipinski definition) is 2. The second-order valence-corrected chi connectivity index (χ2v) is 7.57. The highest BCUT2D eigenvalue weighted by atomic mass is 32.1. The highest BCUT2D eigenvalue weighted by molar-refractivity contribution is 7.85. The lowest BCUT2D eigenvalue weighted by Crippen LogP contribution is -2.15. The molecule has 0 aromatic carbocycles. The third-order valence-corrected chi connectivity index (χ3v) is 5.62. The maximum Gasteiger partial charge on any atom is 0.0133 e. The Labute approximate surface area is 139 Å². The lowest BCUT2D eigenvalue weighted by molar-refractivity contribution is 0.542. The minimum absolute atomic E-state index is 0.499. The summed E-state index contributed by atoms with van der Waals surface area (Å²) in [6, 6.07) is 0. The summed E-state index contributed by atoms with van der Waals surface area (Å²) in [5.41, 5.74) is 0. The fraction of sp³-hybridized carbons (Fsp3) is 1.00. The Bertz CT molecular complexity index is 182. The molecule has 0 aliphatic heterocycles. The molecule has 0 bridgehead atoms. The number of rotatable bonds is 15. The molecule has 0 rings (SSSR count). The molecule has 2 heteroatoms. The topological polar surface area (TPSA) is 0 Å². The molecule has 0 aromatic heterocycles. The summed E-state index contributed by atoms with van der Waals surface area (Å²) in [7, 11) is 0. The van der Waals surface area contributed by atoms with Crippen molar-refractivity contribution in [3.05, 3.63) is 0 Å². The van der Waals surface area contributed by atoms with Crippen LogP contribution in [0.3, 0.4) is 0 Å². The van der Waals surface area contributed by atoms with E-state index in [0.717, 1.165) is 0 Å². The summed E-state index contributed by atoms with van der Waals surface area (Å²) in [6.45, 7) is 4.54. The van der Waals surface area contributed by atoms with Crippen LogP contribution in [0, 0.1) is 0 Å². The molecule has 0 aliphatic rings. The number of hydrogen-bond donors (Lipinski definition) is 2. The molecular weight excluding hydrogens is 280 g/mol. The predicted octanol–water partition coefficient (Wildman–Crippen LogP) is 7.08. The van der Waals surface area contributed by atoms with Crippen molar-refractivity contribution in [1.29, 1.82) is 0 Å². The van der Waals surface area contributed by atoms with Crippen LogP contribution in [-0.4, -0.2) is 10.5 Å². The second-order valence-electron chi connectivity index (χ2n) is 6.25. The van der Waals surface area contributed by atoms with Gasteiger partial charge in [0.1, 0.15) is 0 Å². The van der Waals surface area contributed by atoms with Crippen molar-refractivity contribution in [2.24, 2.45) is 0 Å². The quantitative estimate of drug-likeness (QED) is 0.234. The molecule has 0 amide bonds. The van der Waals surface area contributed by atoms with Crippen LogP contribution >= 0.6 is 25.3 Å². The Kier molecular flexibility index (Phi) is 16.6. The van der Waals surface area contributed by atoms with Crippen molar-refractivity contribution < 1.29 is 0 Å². The number of thiol groups is 2. The van der Waals surface area contributed by atoms with Gasteiger partial charge in [-0.15, -0.1) is 0 Å². The van der Waals surface area contributed by atoms with Gasteiger partial charge in [-0.25, -0.2) is 0 Å². The maximum absolute atomic E-state index is 4.73. The third kappa shape index (κ3) is 13.7. The number of unbranched alkanes of at least 4 members (excludes halogenated alkanes) is 10. The molecule has 0 aromatic rings. The van der Waals surface area contributed by atoms with Gasteiger partial charge in [0.25, 0.3) is 0 Å². The Balaban J connectivity index is 3.27. The zero-order valence-corrected chi connectivity index (χ0v) is 15.7. The van der Waals surface area contributed by atoms with E-state index in [9.17, 15) is 0 Å². The monoisotopic (exact) mass is 318 g/mol. The SMILES string of the molecule is CCCCCCCCCCCC(S)C(S)CCCCC. The summed E-state index contributed by atoms with van der Waals surface area (Å²) in [5.74, 6) is 0. The smallest absolute Gasteiger partial charge is 0.0133 e. The zero-order valence-electron chi connectivity index (χ0n) is 13.9. The molecule has 0 aliphatic carbocycles. The largest absolute Gasteiger partial charge is 0.175 e. The lowest BCUT2D eigenvalue weighted by Gasteiger charge is -2.18. The van der Waals surface area contributed by atoms with Crippen molar-refractivity contribution >= 4 is 25.3 Å². The van der Waals surface area contributed by atoms with Crippen molar-refractivity contribution in [2.75, 3.05) is 0 Å². The van der Waals surface area contributed by atoms with Gasteiger partial charge in [-0.2, -0.15) is 25.3 Å². The molecule has 0 spiro atoms. The average Bonchev–Trinajstić information content (AvgIpc) is 2.45. The van der Waals surface area contributed by atoms with Crippen molar-refractivity contribution in [3.63, 3.8) is 0 Å². The van der Waals surface area contributed by atoms with Crippen LogP contribution in [0.2, 0.25) is 0 Å². The highest BCUT2D eigenvalue weighted by Gasteiger charge is 2.12. The zero-order chi connectivity index (χ0) is 15.1. The van der Waals surface area contributed by atoms with E-state index in [1.54, 1.807) is 0 Å². The molecule has 0 heterocycles. The van der Waals surface area contributed by atoms with E-state index in [2.05, 4.69) is 13.8 Å². The van der Waals surface area contributed by atoms with Crippen LogP contribution < -0.4 is 0 Å². The summed E-state index contributed by atoms with van der Waals surface area (Å²) < 4.78 is 0. The Morgan fingerprint density at radius 1 is 0.500 bits per heavy atom. The van der Waals surface area contributed by atoms with E-state index in [1.807, 2.05) is 0 Å². The van der Waals surface area contributed by atoms with Gasteiger partial charge in [0.15, 0.2) is 0 Å². The molecule has 0 N–H and O–H groups in total. The van der Waals surface area contributed by atoms with E-state index in [-0.39, 0.29) is 0 Å². The van der Waals surface area contributed by atoms with Gasteiger partial charge < -0.3 is 0 Å². The third-order valence-electron chi connectivity index (χ3n) is 4.15. The molecule has 2 unspecified atom stereocenters. The summed E-state index contributed by atoms with van der Waals surface area (Å²) in [5, 5.41) is 0.999. The molecule has 20 heavy (non-hydrogen) atoms. The van der Waals surface area contributed by atoms with Gasteiger partial charge >= 0.3 is 0 Å². The summed E-state index contributed by atoms with van der Waals surface area (Å²) >= 11 is 9.45. The Morgan fingerprint density at radius 2 is 0.800 bits per heavy atom. The van der Waals surface area contributed by atoms with E-state index >= 15 is 0 Å². The maximum atomic E-state index is 4.73. The van der Waals surface area contributed by atoms with E-state index < -0.39 is 0 Å². The van der Waals surface area contributed by atoms with E-state index in [0.29, 0.717) is 10.5 Å². The van der Waals surface area contributed by atoms with Crippen molar-refractivity contribution in [3.8, 4) is 0 Å². The van der Waals surface area contributed by atoms with Gasteiger partial charge in [0.05, 0.1) is 0 Å². The van der Waals surface area contributed by atoms with Crippen LogP contribution in [0.1, 0.15) is 104 Å². The molecule has 0 radical (unpaired) electrons. The second kappa shape index (κ2) is 16.1. The average molecular weight is 319 g/mol. The van der Waals surface area contributed by atoms with Gasteiger partial charge in [-0.3, -0.25) is 0 Å². The summed E-state index contributed by atoms with van der Waals surface area (Å²) in [6.07, 6.45) is 19.1. The van der Waals surface area contributed by atoms with Gasteiger partial charge in [0.2, 0.25) is 0 Å². The molecule has 0 saturated carbocycles. The van der Waals surface area contributed by atoms with E-state index in [1.165, 1.54) is 89.9 Å². The van der Waals surface area contributed by atoms with Crippen molar-refractivity contribution in [2.45, 2.75) is 114 Å². The normalized spacial score (nSPS) is 14.4. The first kappa shape index (κ1) is 20.7.